The van der Waals surface area contributed by atoms with Crippen LogP contribution in [-0.4, -0.2) is 14.8 Å². The summed E-state index contributed by atoms with van der Waals surface area (Å²) in [6, 6.07) is 15.5. The molecule has 3 nitrogen and oxygen atoms in total. The van der Waals surface area contributed by atoms with Crippen molar-refractivity contribution in [1.82, 2.24) is 14.8 Å². The number of hydrogen-bond donors (Lipinski definition) is 0. The fraction of sp³-hybridized carbons (Fsp3) is 0.143. The Balaban J connectivity index is 1.95. The highest BCUT2D eigenvalue weighted by Gasteiger charge is 2.35. The van der Waals surface area contributed by atoms with Crippen molar-refractivity contribution < 1.29 is 17.6 Å². The third-order valence-electron chi connectivity index (χ3n) is 4.50. The van der Waals surface area contributed by atoms with E-state index in [1.54, 1.807) is 0 Å². The monoisotopic (exact) mass is 385 g/mol. The third kappa shape index (κ3) is 3.35. The lowest BCUT2D eigenvalue weighted by atomic mass is 10.1. The average Bonchev–Trinajstić information content (AvgIpc) is 2.97. The lowest BCUT2D eigenvalue weighted by Crippen LogP contribution is -2.08. The Bertz CT molecular complexity index is 1130. The molecular formula is C21H15F4N3. The number of benzene rings is 2. The number of halogens is 4. The number of rotatable bonds is 3. The Hall–Kier alpha value is -3.22. The highest BCUT2D eigenvalue weighted by atomic mass is 19.4. The van der Waals surface area contributed by atoms with Gasteiger partial charge in [-0.05, 0) is 42.8 Å². The molecule has 0 atom stereocenters. The van der Waals surface area contributed by atoms with Crippen molar-refractivity contribution in [3.8, 4) is 11.3 Å². The van der Waals surface area contributed by atoms with E-state index in [1.807, 2.05) is 30.3 Å². The molecule has 0 N–H and O–H groups in total. The molecule has 7 heteroatoms. The van der Waals surface area contributed by atoms with Crippen LogP contribution < -0.4 is 0 Å². The molecule has 0 spiro atoms. The van der Waals surface area contributed by atoms with Crippen LogP contribution in [0.3, 0.4) is 0 Å². The highest BCUT2D eigenvalue weighted by molar-refractivity contribution is 5.85. The van der Waals surface area contributed by atoms with E-state index in [0.717, 1.165) is 11.6 Å². The van der Waals surface area contributed by atoms with E-state index in [9.17, 15) is 17.6 Å². The largest absolute Gasteiger partial charge is 0.417 e. The van der Waals surface area contributed by atoms with Crippen molar-refractivity contribution in [2.45, 2.75) is 19.6 Å². The van der Waals surface area contributed by atoms with Crippen molar-refractivity contribution in [2.75, 3.05) is 0 Å². The molecule has 2 aromatic carbocycles. The summed E-state index contributed by atoms with van der Waals surface area (Å²) in [4.78, 5) is 4.44. The molecular weight excluding hydrogens is 370 g/mol. The number of aromatic nitrogens is 3. The second-order valence-electron chi connectivity index (χ2n) is 6.49. The van der Waals surface area contributed by atoms with Crippen LogP contribution in [0.25, 0.3) is 22.3 Å². The molecule has 142 valence electrons. The van der Waals surface area contributed by atoms with Gasteiger partial charge < -0.3 is 0 Å². The summed E-state index contributed by atoms with van der Waals surface area (Å²) in [6.07, 6.45) is -4.57. The molecule has 0 fully saturated rings. The number of nitrogens with zero attached hydrogens (tertiary/aromatic N) is 3. The van der Waals surface area contributed by atoms with Crippen LogP contribution >= 0.6 is 0 Å². The average molecular weight is 385 g/mol. The molecule has 0 saturated carbocycles. The van der Waals surface area contributed by atoms with Gasteiger partial charge in [-0.1, -0.05) is 30.3 Å². The van der Waals surface area contributed by atoms with Gasteiger partial charge in [0.2, 0.25) is 0 Å². The number of pyridine rings is 1. The molecule has 4 rings (SSSR count). The van der Waals surface area contributed by atoms with Gasteiger partial charge in [-0.25, -0.2) is 14.1 Å². The Morgan fingerprint density at radius 1 is 0.964 bits per heavy atom. The summed E-state index contributed by atoms with van der Waals surface area (Å²) >= 11 is 0. The molecule has 0 radical (unpaired) electrons. The quantitative estimate of drug-likeness (QED) is 0.429. The standard InChI is InChI=1S/C21H15F4N3/c1-13-19-17(21(23,24)25)11-18(15-7-9-16(22)10-8-15)26-20(19)28(27-13)12-14-5-3-2-4-6-14/h2-11H,12H2,1H3. The van der Waals surface area contributed by atoms with Gasteiger partial charge >= 0.3 is 6.18 Å². The summed E-state index contributed by atoms with van der Waals surface area (Å²) in [5.41, 5.74) is 1.03. The fourth-order valence-corrected chi connectivity index (χ4v) is 3.21. The lowest BCUT2D eigenvalue weighted by molar-refractivity contribution is -0.136. The van der Waals surface area contributed by atoms with Crippen molar-refractivity contribution in [1.29, 1.82) is 0 Å². The SMILES string of the molecule is Cc1nn(Cc2ccccc2)c2nc(-c3ccc(F)cc3)cc(C(F)(F)F)c12. The molecule has 0 bridgehead atoms. The van der Waals surface area contributed by atoms with Crippen LogP contribution in [0.4, 0.5) is 17.6 Å². The number of fused-ring (bicyclic) bond motifs is 1. The van der Waals surface area contributed by atoms with E-state index < -0.39 is 17.6 Å². The van der Waals surface area contributed by atoms with Crippen LogP contribution in [0.5, 0.6) is 0 Å². The van der Waals surface area contributed by atoms with Crippen LogP contribution in [-0.2, 0) is 12.7 Å². The van der Waals surface area contributed by atoms with E-state index in [1.165, 1.54) is 35.9 Å². The molecule has 0 aliphatic rings. The molecule has 28 heavy (non-hydrogen) atoms. The molecule has 0 unspecified atom stereocenters. The van der Waals surface area contributed by atoms with Crippen molar-refractivity contribution in [2.24, 2.45) is 0 Å². The Labute approximate surface area is 158 Å². The van der Waals surface area contributed by atoms with Gasteiger partial charge in [0.25, 0.3) is 0 Å². The molecule has 2 aromatic heterocycles. The first kappa shape index (κ1) is 18.2. The predicted octanol–water partition coefficient (Wildman–Crippen LogP) is 5.61. The Kier molecular flexibility index (Phi) is 4.37. The van der Waals surface area contributed by atoms with Gasteiger partial charge in [0.05, 0.1) is 28.9 Å². The first-order valence-corrected chi connectivity index (χ1v) is 8.58. The molecule has 0 aliphatic carbocycles. The fourth-order valence-electron chi connectivity index (χ4n) is 3.21. The maximum absolute atomic E-state index is 13.8. The first-order chi connectivity index (χ1) is 13.3. The number of aryl methyl sites for hydroxylation is 1. The summed E-state index contributed by atoms with van der Waals surface area (Å²) in [6.45, 7) is 1.83. The number of hydrogen-bond acceptors (Lipinski definition) is 2. The molecule has 0 amide bonds. The predicted molar refractivity (Wildman–Crippen MR) is 98.2 cm³/mol. The number of alkyl halides is 3. The Morgan fingerprint density at radius 3 is 2.29 bits per heavy atom. The Morgan fingerprint density at radius 2 is 1.64 bits per heavy atom. The van der Waals surface area contributed by atoms with Gasteiger partial charge in [-0.15, -0.1) is 0 Å². The van der Waals surface area contributed by atoms with Crippen molar-refractivity contribution in [3.05, 3.63) is 83.3 Å². The maximum Gasteiger partial charge on any atom is 0.417 e. The van der Waals surface area contributed by atoms with E-state index >= 15 is 0 Å². The van der Waals surface area contributed by atoms with E-state index in [2.05, 4.69) is 10.1 Å². The van der Waals surface area contributed by atoms with E-state index in [4.69, 9.17) is 0 Å². The van der Waals surface area contributed by atoms with E-state index in [0.29, 0.717) is 12.1 Å². The molecule has 0 saturated heterocycles. The first-order valence-electron chi connectivity index (χ1n) is 8.58. The third-order valence-corrected chi connectivity index (χ3v) is 4.50. The highest BCUT2D eigenvalue weighted by Crippen LogP contribution is 2.38. The van der Waals surface area contributed by atoms with Gasteiger partial charge in [0.15, 0.2) is 5.65 Å². The minimum Gasteiger partial charge on any atom is -0.243 e. The summed E-state index contributed by atoms with van der Waals surface area (Å²) in [5.74, 6) is -0.467. The van der Waals surface area contributed by atoms with Crippen LogP contribution in [0.1, 0.15) is 16.8 Å². The smallest absolute Gasteiger partial charge is 0.243 e. The van der Waals surface area contributed by atoms with Crippen molar-refractivity contribution >= 4 is 11.0 Å². The molecule has 2 heterocycles. The lowest BCUT2D eigenvalue weighted by Gasteiger charge is -2.12. The summed E-state index contributed by atoms with van der Waals surface area (Å²) in [5, 5.41) is 4.28. The second-order valence-corrected chi connectivity index (χ2v) is 6.49. The summed E-state index contributed by atoms with van der Waals surface area (Å²) < 4.78 is 56.0. The second kappa shape index (κ2) is 6.74. The van der Waals surface area contributed by atoms with Gasteiger partial charge in [-0.2, -0.15) is 18.3 Å². The normalized spacial score (nSPS) is 11.9. The van der Waals surface area contributed by atoms with Crippen molar-refractivity contribution in [3.63, 3.8) is 0 Å². The topological polar surface area (TPSA) is 30.7 Å². The molecule has 0 aliphatic heterocycles. The van der Waals surface area contributed by atoms with Gasteiger partial charge in [0, 0.05) is 5.56 Å². The maximum atomic E-state index is 13.8. The van der Waals surface area contributed by atoms with E-state index in [-0.39, 0.29) is 22.4 Å². The molecule has 4 aromatic rings. The van der Waals surface area contributed by atoms with Gasteiger partial charge in [0.1, 0.15) is 5.82 Å². The van der Waals surface area contributed by atoms with Crippen LogP contribution in [0.2, 0.25) is 0 Å². The van der Waals surface area contributed by atoms with Crippen LogP contribution in [0, 0.1) is 12.7 Å². The minimum atomic E-state index is -4.57. The summed E-state index contributed by atoms with van der Waals surface area (Å²) in [7, 11) is 0. The van der Waals surface area contributed by atoms with Crippen LogP contribution in [0.15, 0.2) is 60.7 Å². The zero-order chi connectivity index (χ0) is 19.9. The van der Waals surface area contributed by atoms with Gasteiger partial charge in [-0.3, -0.25) is 0 Å². The zero-order valence-electron chi connectivity index (χ0n) is 14.8. The minimum absolute atomic E-state index is 0.0192. The zero-order valence-corrected chi connectivity index (χ0v) is 14.8.